The first-order chi connectivity index (χ1) is 9.92. The van der Waals surface area contributed by atoms with E-state index in [1.54, 1.807) is 7.05 Å². The number of nitrogens with one attached hydrogen (secondary N) is 3. The Hall–Kier alpha value is -2.02. The van der Waals surface area contributed by atoms with Crippen LogP contribution in [0.15, 0.2) is 18.2 Å². The van der Waals surface area contributed by atoms with Crippen molar-refractivity contribution in [3.8, 4) is 0 Å². The molecule has 1 aromatic rings. The van der Waals surface area contributed by atoms with E-state index in [1.807, 2.05) is 6.92 Å². The molecule has 0 aliphatic carbocycles. The molecule has 0 aliphatic heterocycles. The van der Waals surface area contributed by atoms with Crippen molar-refractivity contribution >= 4 is 17.5 Å². The van der Waals surface area contributed by atoms with Crippen molar-refractivity contribution in [2.24, 2.45) is 0 Å². The van der Waals surface area contributed by atoms with Crippen LogP contribution in [0, 0.1) is 11.6 Å². The van der Waals surface area contributed by atoms with Crippen LogP contribution >= 0.6 is 0 Å². The Morgan fingerprint density at radius 3 is 2.52 bits per heavy atom. The molecule has 1 atom stereocenters. The Bertz CT molecular complexity index is 509. The number of likely N-dealkylation sites (N-methyl/N-ethyl adjacent to an activating group) is 1. The molecule has 0 saturated heterocycles. The summed E-state index contributed by atoms with van der Waals surface area (Å²) < 4.78 is 26.3. The molecule has 116 valence electrons. The second kappa shape index (κ2) is 8.31. The molecule has 7 heteroatoms. The Labute approximate surface area is 122 Å². The largest absolute Gasteiger partial charge is 0.351 e. The fourth-order valence-electron chi connectivity index (χ4n) is 1.73. The number of benzene rings is 1. The second-order valence-electron chi connectivity index (χ2n) is 4.83. The van der Waals surface area contributed by atoms with Crippen molar-refractivity contribution in [2.75, 3.05) is 32.0 Å². The number of carbonyl (C=O) groups is 2. The minimum absolute atomic E-state index is 0.0184. The predicted octanol–water partition coefficient (Wildman–Crippen LogP) is -0.0558. The van der Waals surface area contributed by atoms with Crippen LogP contribution in [0.4, 0.5) is 14.5 Å². The Morgan fingerprint density at radius 1 is 1.19 bits per heavy atom. The molecule has 0 fully saturated rings. The van der Waals surface area contributed by atoms with Gasteiger partial charge in [-0.15, -0.1) is 0 Å². The van der Waals surface area contributed by atoms with Crippen LogP contribution in [0.5, 0.6) is 0 Å². The molecule has 3 N–H and O–H groups in total. The van der Waals surface area contributed by atoms with E-state index >= 15 is 0 Å². The van der Waals surface area contributed by atoms with Gasteiger partial charge in [0.1, 0.15) is 11.6 Å². The molecule has 0 saturated carbocycles. The van der Waals surface area contributed by atoms with E-state index in [9.17, 15) is 18.4 Å². The van der Waals surface area contributed by atoms with Gasteiger partial charge in [-0.1, -0.05) is 6.92 Å². The maximum Gasteiger partial charge on any atom is 0.279 e. The summed E-state index contributed by atoms with van der Waals surface area (Å²) in [6.07, 6.45) is 0.837. The Morgan fingerprint density at radius 2 is 1.86 bits per heavy atom. The van der Waals surface area contributed by atoms with Crippen LogP contribution < -0.4 is 15.5 Å². The molecule has 21 heavy (non-hydrogen) atoms. The standard InChI is InChI=1S/C14H19F2N3O2/c1-3-6-17-13(20)8-19(2)9-14(21)18-12-7-10(15)4-5-11(12)16/h4-5,7H,3,6,8-9H2,1-2H3,(H,17,20)(H,18,21)/p+1. The highest BCUT2D eigenvalue weighted by molar-refractivity contribution is 5.91. The van der Waals surface area contributed by atoms with Gasteiger partial charge >= 0.3 is 0 Å². The third kappa shape index (κ3) is 6.31. The van der Waals surface area contributed by atoms with Crippen LogP contribution in [0.1, 0.15) is 13.3 Å². The van der Waals surface area contributed by atoms with Crippen LogP contribution in [0.25, 0.3) is 0 Å². The summed E-state index contributed by atoms with van der Waals surface area (Å²) in [7, 11) is 1.67. The monoisotopic (exact) mass is 300 g/mol. The van der Waals surface area contributed by atoms with E-state index in [4.69, 9.17) is 0 Å². The number of halogens is 2. The van der Waals surface area contributed by atoms with Crippen molar-refractivity contribution in [3.05, 3.63) is 29.8 Å². The Kier molecular flexibility index (Phi) is 6.74. The number of amides is 2. The molecular weight excluding hydrogens is 280 g/mol. The van der Waals surface area contributed by atoms with Gasteiger partial charge in [0.05, 0.1) is 12.7 Å². The van der Waals surface area contributed by atoms with Crippen LogP contribution in [0.3, 0.4) is 0 Å². The van der Waals surface area contributed by atoms with Crippen molar-refractivity contribution < 1.29 is 23.3 Å². The van der Waals surface area contributed by atoms with E-state index in [2.05, 4.69) is 10.6 Å². The van der Waals surface area contributed by atoms with Crippen LogP contribution in [0.2, 0.25) is 0 Å². The fourth-order valence-corrected chi connectivity index (χ4v) is 1.73. The van der Waals surface area contributed by atoms with E-state index < -0.39 is 17.5 Å². The molecule has 0 heterocycles. The topological polar surface area (TPSA) is 62.6 Å². The highest BCUT2D eigenvalue weighted by Gasteiger charge is 2.15. The molecular formula is C14H20F2N3O2+. The van der Waals surface area contributed by atoms with Crippen molar-refractivity contribution in [2.45, 2.75) is 13.3 Å². The van der Waals surface area contributed by atoms with E-state index in [0.717, 1.165) is 24.6 Å². The lowest BCUT2D eigenvalue weighted by Crippen LogP contribution is -3.11. The normalized spacial score (nSPS) is 11.8. The number of hydrogen-bond acceptors (Lipinski definition) is 2. The van der Waals surface area contributed by atoms with Gasteiger partial charge in [0, 0.05) is 12.6 Å². The lowest BCUT2D eigenvalue weighted by Gasteiger charge is -2.13. The maximum absolute atomic E-state index is 13.4. The molecule has 2 amide bonds. The summed E-state index contributed by atoms with van der Waals surface area (Å²) in [4.78, 5) is 23.9. The summed E-state index contributed by atoms with van der Waals surface area (Å²) >= 11 is 0. The summed E-state index contributed by atoms with van der Waals surface area (Å²) in [6.45, 7) is 2.65. The average molecular weight is 300 g/mol. The molecule has 1 unspecified atom stereocenters. The molecule has 0 radical (unpaired) electrons. The first-order valence-corrected chi connectivity index (χ1v) is 6.75. The first-order valence-electron chi connectivity index (χ1n) is 6.75. The van der Waals surface area contributed by atoms with Gasteiger partial charge in [0.15, 0.2) is 13.1 Å². The number of rotatable bonds is 7. The Balaban J connectivity index is 2.46. The van der Waals surface area contributed by atoms with Crippen LogP contribution in [-0.4, -0.2) is 38.5 Å². The van der Waals surface area contributed by atoms with E-state index in [0.29, 0.717) is 11.4 Å². The zero-order valence-corrected chi connectivity index (χ0v) is 12.1. The fraction of sp³-hybridized carbons (Fsp3) is 0.429. The number of hydrogen-bond donors (Lipinski definition) is 3. The van der Waals surface area contributed by atoms with Crippen molar-refractivity contribution in [1.82, 2.24) is 5.32 Å². The van der Waals surface area contributed by atoms with Gasteiger partial charge in [0.25, 0.3) is 11.8 Å². The minimum Gasteiger partial charge on any atom is -0.351 e. The molecule has 1 aromatic carbocycles. The average Bonchev–Trinajstić information content (AvgIpc) is 2.40. The van der Waals surface area contributed by atoms with Crippen molar-refractivity contribution in [1.29, 1.82) is 0 Å². The lowest BCUT2D eigenvalue weighted by molar-refractivity contribution is -0.862. The zero-order chi connectivity index (χ0) is 15.8. The number of anilines is 1. The smallest absolute Gasteiger partial charge is 0.279 e. The molecule has 1 rings (SSSR count). The van der Waals surface area contributed by atoms with Crippen molar-refractivity contribution in [3.63, 3.8) is 0 Å². The SMILES string of the molecule is CCCNC(=O)C[NH+](C)CC(=O)Nc1cc(F)ccc1F. The van der Waals surface area contributed by atoms with Gasteiger partial charge in [-0.05, 0) is 18.6 Å². The van der Waals surface area contributed by atoms with Crippen LogP contribution in [-0.2, 0) is 9.59 Å². The molecule has 0 bridgehead atoms. The predicted molar refractivity (Wildman–Crippen MR) is 74.9 cm³/mol. The summed E-state index contributed by atoms with van der Waals surface area (Å²) in [5.74, 6) is -1.98. The van der Waals surface area contributed by atoms with Gasteiger partial charge < -0.3 is 15.5 Å². The second-order valence-corrected chi connectivity index (χ2v) is 4.83. The number of carbonyl (C=O) groups excluding carboxylic acids is 2. The van der Waals surface area contributed by atoms with E-state index in [1.165, 1.54) is 0 Å². The first kappa shape index (κ1) is 17.0. The highest BCUT2D eigenvalue weighted by atomic mass is 19.1. The third-order valence-corrected chi connectivity index (χ3v) is 2.70. The highest BCUT2D eigenvalue weighted by Crippen LogP contribution is 2.14. The van der Waals surface area contributed by atoms with E-state index in [-0.39, 0.29) is 24.7 Å². The summed E-state index contributed by atoms with van der Waals surface area (Å²) in [6, 6.07) is 2.83. The third-order valence-electron chi connectivity index (χ3n) is 2.70. The quantitative estimate of drug-likeness (QED) is 0.661. The van der Waals surface area contributed by atoms with Gasteiger partial charge in [-0.3, -0.25) is 9.59 Å². The lowest BCUT2D eigenvalue weighted by atomic mass is 10.3. The minimum atomic E-state index is -0.705. The zero-order valence-electron chi connectivity index (χ0n) is 12.1. The van der Waals surface area contributed by atoms with Gasteiger partial charge in [0.2, 0.25) is 0 Å². The summed E-state index contributed by atoms with van der Waals surface area (Å²) in [5, 5.41) is 4.99. The summed E-state index contributed by atoms with van der Waals surface area (Å²) in [5.41, 5.74) is -0.205. The number of quaternary nitrogens is 1. The van der Waals surface area contributed by atoms with Gasteiger partial charge in [-0.25, -0.2) is 8.78 Å². The molecule has 0 spiro atoms. The molecule has 0 aliphatic rings. The molecule has 5 nitrogen and oxygen atoms in total. The maximum atomic E-state index is 13.4. The van der Waals surface area contributed by atoms with Gasteiger partial charge in [-0.2, -0.15) is 0 Å². The molecule has 0 aromatic heterocycles.